The van der Waals surface area contributed by atoms with Crippen molar-refractivity contribution in [2.24, 2.45) is 0 Å². The molecule has 0 aliphatic heterocycles. The van der Waals surface area contributed by atoms with Crippen LogP contribution in [0.25, 0.3) is 0 Å². The maximum atomic E-state index is 11.8. The Morgan fingerprint density at radius 1 is 1.20 bits per heavy atom. The minimum absolute atomic E-state index is 0.0851. The Bertz CT molecular complexity index is 647. The lowest BCUT2D eigenvalue weighted by atomic mass is 10.1. The van der Waals surface area contributed by atoms with Gasteiger partial charge in [-0.3, -0.25) is 4.79 Å². The molecule has 20 heavy (non-hydrogen) atoms. The van der Waals surface area contributed by atoms with E-state index in [0.717, 1.165) is 12.0 Å². The van der Waals surface area contributed by atoms with Crippen molar-refractivity contribution >= 4 is 17.5 Å². The fourth-order valence-corrected chi connectivity index (χ4v) is 2.36. The van der Waals surface area contributed by atoms with Crippen molar-refractivity contribution in [3.8, 4) is 0 Å². The number of furan rings is 1. The summed E-state index contributed by atoms with van der Waals surface area (Å²) in [7, 11) is 0. The van der Waals surface area contributed by atoms with Crippen LogP contribution in [0, 0.1) is 0 Å². The molecule has 2 N–H and O–H groups in total. The highest BCUT2D eigenvalue weighted by molar-refractivity contribution is 6.07. The van der Waals surface area contributed by atoms with E-state index in [-0.39, 0.29) is 11.8 Å². The SMILES string of the molecule is O=C(NCc1ccco1)Nc1cccc2c1C(=O)CC2. The molecule has 1 aliphatic carbocycles. The van der Waals surface area contributed by atoms with Gasteiger partial charge in [-0.15, -0.1) is 0 Å². The van der Waals surface area contributed by atoms with Gasteiger partial charge in [-0.2, -0.15) is 0 Å². The monoisotopic (exact) mass is 270 g/mol. The molecule has 1 heterocycles. The van der Waals surface area contributed by atoms with E-state index < -0.39 is 0 Å². The summed E-state index contributed by atoms with van der Waals surface area (Å²) in [6.07, 6.45) is 2.82. The van der Waals surface area contributed by atoms with Crippen LogP contribution in [0.4, 0.5) is 10.5 Å². The van der Waals surface area contributed by atoms with Gasteiger partial charge in [-0.1, -0.05) is 12.1 Å². The van der Waals surface area contributed by atoms with Gasteiger partial charge in [0.15, 0.2) is 5.78 Å². The van der Waals surface area contributed by atoms with Crippen LogP contribution in [0.1, 0.15) is 28.1 Å². The standard InChI is InChI=1S/C15H14N2O3/c18-13-7-6-10-3-1-5-12(14(10)13)17-15(19)16-9-11-4-2-8-20-11/h1-5,8H,6-7,9H2,(H2,16,17,19). The molecule has 102 valence electrons. The molecule has 1 aromatic heterocycles. The molecular formula is C15H14N2O3. The van der Waals surface area contributed by atoms with E-state index in [1.807, 2.05) is 12.1 Å². The van der Waals surface area contributed by atoms with Crippen LogP contribution in [-0.4, -0.2) is 11.8 Å². The third-order valence-electron chi connectivity index (χ3n) is 3.30. The second kappa shape index (κ2) is 5.21. The Balaban J connectivity index is 1.68. The smallest absolute Gasteiger partial charge is 0.319 e. The molecule has 0 fully saturated rings. The second-order valence-corrected chi connectivity index (χ2v) is 4.65. The Morgan fingerprint density at radius 3 is 2.90 bits per heavy atom. The van der Waals surface area contributed by atoms with Gasteiger partial charge >= 0.3 is 6.03 Å². The van der Waals surface area contributed by atoms with E-state index in [9.17, 15) is 9.59 Å². The average Bonchev–Trinajstić information content (AvgIpc) is 3.07. The lowest BCUT2D eigenvalue weighted by Gasteiger charge is -2.10. The molecular weight excluding hydrogens is 256 g/mol. The Labute approximate surface area is 116 Å². The number of fused-ring (bicyclic) bond motifs is 1. The first-order valence-corrected chi connectivity index (χ1v) is 6.46. The first-order valence-electron chi connectivity index (χ1n) is 6.46. The first kappa shape index (κ1) is 12.5. The largest absolute Gasteiger partial charge is 0.467 e. The van der Waals surface area contributed by atoms with Crippen LogP contribution in [-0.2, 0) is 13.0 Å². The number of amides is 2. The number of carbonyl (C=O) groups excluding carboxylic acids is 2. The molecule has 0 unspecified atom stereocenters. The second-order valence-electron chi connectivity index (χ2n) is 4.65. The summed E-state index contributed by atoms with van der Waals surface area (Å²) in [5, 5.41) is 5.41. The number of anilines is 1. The van der Waals surface area contributed by atoms with Gasteiger partial charge in [0.25, 0.3) is 0 Å². The number of Topliss-reactive ketones (excluding diaryl/α,β-unsaturated/α-hetero) is 1. The number of hydrogen-bond acceptors (Lipinski definition) is 3. The number of urea groups is 1. The van der Waals surface area contributed by atoms with Crippen LogP contribution in [0.15, 0.2) is 41.0 Å². The summed E-state index contributed by atoms with van der Waals surface area (Å²) in [5.41, 5.74) is 2.21. The predicted molar refractivity (Wildman–Crippen MR) is 73.7 cm³/mol. The molecule has 0 saturated carbocycles. The summed E-state index contributed by atoms with van der Waals surface area (Å²) < 4.78 is 5.13. The molecule has 2 amide bonds. The average molecular weight is 270 g/mol. The van der Waals surface area contributed by atoms with Crippen LogP contribution < -0.4 is 10.6 Å². The van der Waals surface area contributed by atoms with E-state index in [0.29, 0.717) is 30.0 Å². The van der Waals surface area contributed by atoms with Gasteiger partial charge in [0, 0.05) is 12.0 Å². The summed E-state index contributed by atoms with van der Waals surface area (Å²) >= 11 is 0. The Hall–Kier alpha value is -2.56. The van der Waals surface area contributed by atoms with E-state index in [1.165, 1.54) is 0 Å². The van der Waals surface area contributed by atoms with E-state index in [4.69, 9.17) is 4.42 Å². The number of hydrogen-bond donors (Lipinski definition) is 2. The zero-order chi connectivity index (χ0) is 13.9. The molecule has 0 radical (unpaired) electrons. The van der Waals surface area contributed by atoms with Crippen molar-refractivity contribution in [3.05, 3.63) is 53.5 Å². The summed E-state index contributed by atoms with van der Waals surface area (Å²) in [4.78, 5) is 23.7. The van der Waals surface area contributed by atoms with Crippen LogP contribution in [0.5, 0.6) is 0 Å². The molecule has 0 saturated heterocycles. The lowest BCUT2D eigenvalue weighted by molar-refractivity contribution is 0.0995. The van der Waals surface area contributed by atoms with Gasteiger partial charge in [0.1, 0.15) is 5.76 Å². The maximum Gasteiger partial charge on any atom is 0.319 e. The zero-order valence-corrected chi connectivity index (χ0v) is 10.8. The highest BCUT2D eigenvalue weighted by Crippen LogP contribution is 2.28. The third kappa shape index (κ3) is 2.42. The fraction of sp³-hybridized carbons (Fsp3) is 0.200. The summed E-state index contributed by atoms with van der Waals surface area (Å²) in [6, 6.07) is 8.71. The van der Waals surface area contributed by atoms with Crippen molar-refractivity contribution in [2.45, 2.75) is 19.4 Å². The van der Waals surface area contributed by atoms with Crippen molar-refractivity contribution < 1.29 is 14.0 Å². The lowest BCUT2D eigenvalue weighted by Crippen LogP contribution is -2.28. The molecule has 1 aromatic carbocycles. The highest BCUT2D eigenvalue weighted by Gasteiger charge is 2.23. The van der Waals surface area contributed by atoms with Gasteiger partial charge in [-0.05, 0) is 30.2 Å². The Kier molecular flexibility index (Phi) is 3.25. The molecule has 0 atom stereocenters. The minimum atomic E-state index is -0.352. The molecule has 5 nitrogen and oxygen atoms in total. The summed E-state index contributed by atoms with van der Waals surface area (Å²) in [5.74, 6) is 0.761. The maximum absolute atomic E-state index is 11.8. The number of carbonyl (C=O) groups is 2. The van der Waals surface area contributed by atoms with Crippen molar-refractivity contribution in [3.63, 3.8) is 0 Å². The van der Waals surface area contributed by atoms with Crippen LogP contribution >= 0.6 is 0 Å². The van der Waals surface area contributed by atoms with Gasteiger partial charge in [0.05, 0.1) is 18.5 Å². The number of rotatable bonds is 3. The highest BCUT2D eigenvalue weighted by atomic mass is 16.3. The zero-order valence-electron chi connectivity index (χ0n) is 10.8. The minimum Gasteiger partial charge on any atom is -0.467 e. The first-order chi connectivity index (χ1) is 9.74. The number of benzene rings is 1. The third-order valence-corrected chi connectivity index (χ3v) is 3.30. The van der Waals surface area contributed by atoms with E-state index >= 15 is 0 Å². The number of ketones is 1. The van der Waals surface area contributed by atoms with Gasteiger partial charge in [-0.25, -0.2) is 4.79 Å². The van der Waals surface area contributed by atoms with Gasteiger partial charge < -0.3 is 15.1 Å². The predicted octanol–water partition coefficient (Wildman–Crippen LogP) is 2.73. The normalized spacial score (nSPS) is 13.1. The van der Waals surface area contributed by atoms with Crippen LogP contribution in [0.3, 0.4) is 0 Å². The molecule has 2 aromatic rings. The van der Waals surface area contributed by atoms with Crippen molar-refractivity contribution in [2.75, 3.05) is 5.32 Å². The van der Waals surface area contributed by atoms with Gasteiger partial charge in [0.2, 0.25) is 0 Å². The summed E-state index contributed by atoms with van der Waals surface area (Å²) in [6.45, 7) is 0.307. The van der Waals surface area contributed by atoms with Crippen molar-refractivity contribution in [1.29, 1.82) is 0 Å². The molecule has 0 bridgehead atoms. The molecule has 0 spiro atoms. The number of nitrogens with one attached hydrogen (secondary N) is 2. The van der Waals surface area contributed by atoms with E-state index in [1.54, 1.807) is 24.5 Å². The number of aryl methyl sites for hydroxylation is 1. The molecule has 3 rings (SSSR count). The molecule has 5 heteroatoms. The van der Waals surface area contributed by atoms with Crippen molar-refractivity contribution in [1.82, 2.24) is 5.32 Å². The fourth-order valence-electron chi connectivity index (χ4n) is 2.36. The van der Waals surface area contributed by atoms with E-state index in [2.05, 4.69) is 10.6 Å². The topological polar surface area (TPSA) is 71.3 Å². The molecule has 1 aliphatic rings. The Morgan fingerprint density at radius 2 is 2.10 bits per heavy atom. The van der Waals surface area contributed by atoms with Crippen LogP contribution in [0.2, 0.25) is 0 Å². The quantitative estimate of drug-likeness (QED) is 0.900.